The molecule has 150 valence electrons. The fourth-order valence-corrected chi connectivity index (χ4v) is 5.58. The number of nitrogens with zero attached hydrogens (tertiary/aromatic N) is 1. The number of nitrogens with one attached hydrogen (secondary N) is 1. The van der Waals surface area contributed by atoms with Crippen molar-refractivity contribution in [2.75, 3.05) is 4.72 Å². The van der Waals surface area contributed by atoms with Gasteiger partial charge in [0.25, 0.3) is 10.0 Å². The lowest BCUT2D eigenvalue weighted by Crippen LogP contribution is -2.17. The Kier molecular flexibility index (Phi) is 4.97. The lowest BCUT2D eigenvalue weighted by molar-refractivity contribution is 0.484. The smallest absolute Gasteiger partial charge is 0.295 e. The van der Waals surface area contributed by atoms with E-state index in [1.165, 1.54) is 18.2 Å². The van der Waals surface area contributed by atoms with Crippen LogP contribution in [0.15, 0.2) is 80.3 Å². The molecule has 1 aromatic carbocycles. The minimum atomic E-state index is -4.22. The fraction of sp³-hybridized carbons (Fsp3) is 0.105. The van der Waals surface area contributed by atoms with Crippen LogP contribution in [-0.4, -0.2) is 21.8 Å². The van der Waals surface area contributed by atoms with Crippen LogP contribution in [0.5, 0.6) is 0 Å². The average Bonchev–Trinajstić information content (AvgIpc) is 3.13. The number of halogens is 1. The Morgan fingerprint density at radius 3 is 2.59 bits per heavy atom. The maximum atomic E-state index is 13.0. The number of pyridine rings is 1. The van der Waals surface area contributed by atoms with Gasteiger partial charge in [-0.3, -0.25) is 4.72 Å². The van der Waals surface area contributed by atoms with Gasteiger partial charge in [-0.2, -0.15) is 8.42 Å². The molecule has 7 nitrogen and oxygen atoms in total. The van der Waals surface area contributed by atoms with Gasteiger partial charge in [-0.05, 0) is 31.1 Å². The maximum Gasteiger partial charge on any atom is 0.295 e. The number of allylic oxidation sites excluding steroid dienone is 3. The first-order chi connectivity index (χ1) is 13.8. The molecule has 1 N–H and O–H groups in total. The number of benzene rings is 1. The summed E-state index contributed by atoms with van der Waals surface area (Å²) in [6.07, 6.45) is 7.24. The zero-order chi connectivity index (χ0) is 20.6. The van der Waals surface area contributed by atoms with E-state index in [9.17, 15) is 16.8 Å². The number of rotatable bonds is 5. The second-order valence-electron chi connectivity index (χ2n) is 6.30. The zero-order valence-electron chi connectivity index (χ0n) is 14.9. The first kappa shape index (κ1) is 19.7. The number of hydrogen-bond donors (Lipinski definition) is 1. The molecule has 0 aliphatic heterocycles. The number of aromatic nitrogens is 1. The van der Waals surface area contributed by atoms with E-state index in [1.54, 1.807) is 36.4 Å². The van der Waals surface area contributed by atoms with Crippen LogP contribution >= 0.6 is 11.6 Å². The Labute approximate surface area is 172 Å². The van der Waals surface area contributed by atoms with Crippen LogP contribution in [0.4, 0.5) is 5.69 Å². The van der Waals surface area contributed by atoms with Crippen molar-refractivity contribution in [1.82, 2.24) is 4.98 Å². The van der Waals surface area contributed by atoms with E-state index in [2.05, 4.69) is 9.71 Å². The van der Waals surface area contributed by atoms with E-state index < -0.39 is 24.9 Å². The Morgan fingerprint density at radius 2 is 1.86 bits per heavy atom. The van der Waals surface area contributed by atoms with Crippen LogP contribution in [0.2, 0.25) is 5.02 Å². The molecule has 0 bridgehead atoms. The third-order valence-corrected chi connectivity index (χ3v) is 7.44. The zero-order valence-corrected chi connectivity index (χ0v) is 17.3. The van der Waals surface area contributed by atoms with Gasteiger partial charge >= 0.3 is 0 Å². The van der Waals surface area contributed by atoms with Crippen LogP contribution < -0.4 is 4.72 Å². The molecule has 0 saturated heterocycles. The summed E-state index contributed by atoms with van der Waals surface area (Å²) in [7, 11) is -8.26. The molecule has 4 rings (SSSR count). The second-order valence-corrected chi connectivity index (χ2v) is 10.2. The van der Waals surface area contributed by atoms with E-state index in [4.69, 9.17) is 16.0 Å². The van der Waals surface area contributed by atoms with E-state index in [-0.39, 0.29) is 20.7 Å². The Hall–Kier alpha value is -2.62. The van der Waals surface area contributed by atoms with Gasteiger partial charge in [0, 0.05) is 17.6 Å². The van der Waals surface area contributed by atoms with Crippen LogP contribution in [-0.2, 0) is 19.9 Å². The van der Waals surface area contributed by atoms with Crippen LogP contribution in [0.1, 0.15) is 12.8 Å². The normalized spacial score (nSPS) is 14.7. The molecular formula is C19H15ClN2O5S2. The van der Waals surface area contributed by atoms with Gasteiger partial charge in [-0.15, -0.1) is 0 Å². The van der Waals surface area contributed by atoms with E-state index in [0.717, 1.165) is 12.6 Å². The van der Waals surface area contributed by atoms with Crippen molar-refractivity contribution >= 4 is 48.1 Å². The average molecular weight is 451 g/mol. The molecule has 3 aromatic rings. The lowest BCUT2D eigenvalue weighted by atomic mass is 10.2. The molecule has 2 heterocycles. The molecule has 0 atom stereocenters. The largest absolute Gasteiger partial charge is 0.443 e. The van der Waals surface area contributed by atoms with Crippen molar-refractivity contribution in [2.24, 2.45) is 0 Å². The number of hydrogen-bond acceptors (Lipinski definition) is 6. The summed E-state index contributed by atoms with van der Waals surface area (Å²) in [6.45, 7) is 0. The predicted molar refractivity (Wildman–Crippen MR) is 110 cm³/mol. The number of sulfonamides is 1. The van der Waals surface area contributed by atoms with Crippen LogP contribution in [0.3, 0.4) is 0 Å². The summed E-state index contributed by atoms with van der Waals surface area (Å²) >= 11 is 5.95. The molecule has 2 aromatic heterocycles. The van der Waals surface area contributed by atoms with Gasteiger partial charge in [-0.25, -0.2) is 13.4 Å². The Balaban J connectivity index is 1.78. The van der Waals surface area contributed by atoms with Crippen LogP contribution in [0, 0.1) is 0 Å². The van der Waals surface area contributed by atoms with Gasteiger partial charge in [-0.1, -0.05) is 42.0 Å². The standard InChI is InChI=1S/C19H15ClN2O5S2/c20-14-11-16(19(21-12-14)28(23,24)15-7-2-1-3-8-15)22-29(25,26)18-10-13-6-4-5-9-17(13)27-18/h2,4-12,22H,1,3H2. The highest BCUT2D eigenvalue weighted by molar-refractivity contribution is 7.96. The Bertz CT molecular complexity index is 1340. The van der Waals surface area contributed by atoms with Crippen molar-refractivity contribution in [3.63, 3.8) is 0 Å². The van der Waals surface area contributed by atoms with Gasteiger partial charge < -0.3 is 4.42 Å². The first-order valence-electron chi connectivity index (χ1n) is 8.56. The first-order valence-corrected chi connectivity index (χ1v) is 11.9. The monoisotopic (exact) mass is 450 g/mol. The summed E-state index contributed by atoms with van der Waals surface area (Å²) in [5, 5.41) is -0.0972. The number of para-hydroxylation sites is 1. The molecular weight excluding hydrogens is 436 g/mol. The van der Waals surface area contributed by atoms with Gasteiger partial charge in [0.1, 0.15) is 5.58 Å². The highest BCUT2D eigenvalue weighted by Crippen LogP contribution is 2.32. The van der Waals surface area contributed by atoms with E-state index >= 15 is 0 Å². The number of anilines is 1. The molecule has 0 spiro atoms. The molecule has 0 radical (unpaired) electrons. The third kappa shape index (κ3) is 3.81. The predicted octanol–water partition coefficient (Wildman–Crippen LogP) is 4.29. The van der Waals surface area contributed by atoms with Crippen LogP contribution in [0.25, 0.3) is 11.0 Å². The summed E-state index contributed by atoms with van der Waals surface area (Å²) in [6, 6.07) is 9.36. The lowest BCUT2D eigenvalue weighted by Gasteiger charge is -2.13. The Morgan fingerprint density at radius 1 is 1.07 bits per heavy atom. The SMILES string of the molecule is O=S(=O)(Nc1cc(Cl)cnc1S(=O)(=O)C1=CCCC=C1)c1cc2ccccc2o1. The molecule has 29 heavy (non-hydrogen) atoms. The molecule has 0 fully saturated rings. The van der Waals surface area contributed by atoms with Crippen molar-refractivity contribution in [3.8, 4) is 0 Å². The molecule has 10 heteroatoms. The fourth-order valence-electron chi connectivity index (χ4n) is 2.90. The van der Waals surface area contributed by atoms with Crippen molar-refractivity contribution in [1.29, 1.82) is 0 Å². The minimum absolute atomic E-state index is 0.0581. The van der Waals surface area contributed by atoms with Gasteiger partial charge in [0.15, 0.2) is 5.03 Å². The van der Waals surface area contributed by atoms with E-state index in [1.807, 2.05) is 0 Å². The highest BCUT2D eigenvalue weighted by atomic mass is 35.5. The minimum Gasteiger partial charge on any atom is -0.443 e. The summed E-state index contributed by atoms with van der Waals surface area (Å²) < 4.78 is 59.3. The quantitative estimate of drug-likeness (QED) is 0.621. The van der Waals surface area contributed by atoms with Crippen molar-refractivity contribution in [3.05, 3.63) is 70.8 Å². The van der Waals surface area contributed by atoms with Gasteiger partial charge in [0.2, 0.25) is 14.9 Å². The molecule has 0 saturated carbocycles. The molecule has 1 aliphatic rings. The van der Waals surface area contributed by atoms with Crippen molar-refractivity contribution in [2.45, 2.75) is 23.0 Å². The topological polar surface area (TPSA) is 106 Å². The van der Waals surface area contributed by atoms with Crippen molar-refractivity contribution < 1.29 is 21.3 Å². The number of sulfone groups is 1. The second kappa shape index (κ2) is 7.33. The third-order valence-electron chi connectivity index (χ3n) is 4.26. The number of fused-ring (bicyclic) bond motifs is 1. The molecule has 0 amide bonds. The summed E-state index contributed by atoms with van der Waals surface area (Å²) in [5.41, 5.74) is 0.139. The summed E-state index contributed by atoms with van der Waals surface area (Å²) in [4.78, 5) is 3.95. The van der Waals surface area contributed by atoms with E-state index in [0.29, 0.717) is 17.4 Å². The molecule has 1 aliphatic carbocycles. The molecule has 0 unspecified atom stereocenters. The number of furan rings is 1. The van der Waals surface area contributed by atoms with Gasteiger partial charge in [0.05, 0.1) is 15.6 Å². The summed E-state index contributed by atoms with van der Waals surface area (Å²) in [5.74, 6) is 0. The maximum absolute atomic E-state index is 13.0. The highest BCUT2D eigenvalue weighted by Gasteiger charge is 2.28.